The van der Waals surface area contributed by atoms with E-state index >= 15 is 0 Å². The van der Waals surface area contributed by atoms with Gasteiger partial charge in [0.2, 0.25) is 11.0 Å². The van der Waals surface area contributed by atoms with Crippen LogP contribution < -0.4 is 10.6 Å². The lowest BCUT2D eigenvalue weighted by Crippen LogP contribution is -2.37. The third-order valence-electron chi connectivity index (χ3n) is 4.57. The fourth-order valence-electron chi connectivity index (χ4n) is 2.91. The number of carbonyl (C=O) groups excluding carboxylic acids is 3. The third kappa shape index (κ3) is 6.44. The Labute approximate surface area is 211 Å². The molecule has 0 saturated carbocycles. The predicted octanol–water partition coefficient (Wildman–Crippen LogP) is 4.50. The number of halogens is 2. The number of rotatable bonds is 9. The minimum atomic E-state index is -0.532. The normalized spacial score (nSPS) is 14.6. The van der Waals surface area contributed by atoms with Crippen molar-refractivity contribution < 1.29 is 23.2 Å². The molecule has 0 spiro atoms. The summed E-state index contributed by atoms with van der Waals surface area (Å²) in [5.41, 5.74) is 0.487. The first-order valence-electron chi connectivity index (χ1n) is 10.1. The summed E-state index contributed by atoms with van der Waals surface area (Å²) < 4.78 is 28.1. The number of carbonyl (C=O) groups is 3. The fourth-order valence-corrected chi connectivity index (χ4v) is 5.36. The smallest absolute Gasteiger partial charge is 0.293 e. The Bertz CT molecular complexity index is 1300. The number of nitrogens with zero attached hydrogens (tertiary/aromatic N) is 3. The number of benzene rings is 2. The second kappa shape index (κ2) is 11.4. The molecular weight excluding hydrogens is 516 g/mol. The van der Waals surface area contributed by atoms with Crippen LogP contribution in [0.15, 0.2) is 57.8 Å². The summed E-state index contributed by atoms with van der Waals surface area (Å²) in [4.78, 5) is 38.0. The van der Waals surface area contributed by atoms with Gasteiger partial charge in [-0.1, -0.05) is 53.4 Å². The Morgan fingerprint density at radius 1 is 1.06 bits per heavy atom. The Balaban J connectivity index is 1.22. The van der Waals surface area contributed by atoms with Gasteiger partial charge in [0.15, 0.2) is 4.34 Å². The first kappa shape index (κ1) is 24.8. The zero-order valence-electron chi connectivity index (χ0n) is 17.9. The van der Waals surface area contributed by atoms with E-state index < -0.39 is 22.8 Å². The highest BCUT2D eigenvalue weighted by Gasteiger charge is 2.34. The quantitative estimate of drug-likeness (QED) is 0.306. The molecule has 0 bridgehead atoms. The molecular formula is C22H17F2N5O3S3. The van der Waals surface area contributed by atoms with Crippen LogP contribution in [0.4, 0.5) is 24.4 Å². The molecule has 4 rings (SSSR count). The molecule has 180 valence electrons. The van der Waals surface area contributed by atoms with Gasteiger partial charge in [-0.3, -0.25) is 19.3 Å². The van der Waals surface area contributed by atoms with E-state index in [1.54, 1.807) is 24.3 Å². The summed E-state index contributed by atoms with van der Waals surface area (Å²) in [6, 6.07) is 12.1. The second-order valence-corrected chi connectivity index (χ2v) is 10.2. The van der Waals surface area contributed by atoms with Gasteiger partial charge in [-0.2, -0.15) is 0 Å². The molecule has 2 heterocycles. The van der Waals surface area contributed by atoms with Crippen LogP contribution in [-0.4, -0.2) is 51.0 Å². The second-order valence-electron chi connectivity index (χ2n) is 6.97. The summed E-state index contributed by atoms with van der Waals surface area (Å²) in [6.07, 6.45) is 1.34. The molecule has 3 aromatic rings. The van der Waals surface area contributed by atoms with Crippen molar-refractivity contribution in [2.45, 2.75) is 4.34 Å². The highest BCUT2D eigenvalue weighted by molar-refractivity contribution is 8.18. The first-order chi connectivity index (χ1) is 16.9. The van der Waals surface area contributed by atoms with Crippen LogP contribution in [0.5, 0.6) is 0 Å². The van der Waals surface area contributed by atoms with Crippen molar-refractivity contribution in [2.75, 3.05) is 24.2 Å². The molecule has 0 atom stereocenters. The first-order valence-corrected chi connectivity index (χ1v) is 12.8. The average molecular weight is 534 g/mol. The minimum absolute atomic E-state index is 0.00873. The largest absolute Gasteiger partial charge is 0.354 e. The SMILES string of the molecule is O=C(CSc1nnc(Nc2ccccc2F)s1)NCCN1C(=O)S/C(=C\c2ccccc2F)C1=O. The van der Waals surface area contributed by atoms with E-state index in [0.717, 1.165) is 28.4 Å². The van der Waals surface area contributed by atoms with Crippen molar-refractivity contribution in [3.8, 4) is 0 Å². The van der Waals surface area contributed by atoms with E-state index in [1.807, 2.05) is 0 Å². The van der Waals surface area contributed by atoms with Crippen LogP contribution in [0.2, 0.25) is 0 Å². The van der Waals surface area contributed by atoms with E-state index in [1.165, 1.54) is 41.7 Å². The molecule has 1 saturated heterocycles. The third-order valence-corrected chi connectivity index (χ3v) is 7.45. The van der Waals surface area contributed by atoms with E-state index in [4.69, 9.17) is 0 Å². The molecule has 13 heteroatoms. The standard InChI is InChI=1S/C22H17F2N5O3S3/c23-14-6-2-1-5-13(14)11-17-19(31)29(22(32)34-17)10-9-25-18(30)12-33-21-28-27-20(35-21)26-16-8-4-3-7-15(16)24/h1-8,11H,9-10,12H2,(H,25,30)(H,26,27)/b17-11-. The van der Waals surface area contributed by atoms with Crippen molar-refractivity contribution >= 4 is 68.8 Å². The Morgan fingerprint density at radius 2 is 1.80 bits per heavy atom. The van der Waals surface area contributed by atoms with Gasteiger partial charge in [0.25, 0.3) is 11.1 Å². The van der Waals surface area contributed by atoms with Crippen LogP contribution in [0, 0.1) is 11.6 Å². The van der Waals surface area contributed by atoms with Crippen molar-refractivity contribution in [3.63, 3.8) is 0 Å². The van der Waals surface area contributed by atoms with E-state index in [-0.39, 0.29) is 40.9 Å². The van der Waals surface area contributed by atoms with E-state index in [2.05, 4.69) is 20.8 Å². The number of aromatic nitrogens is 2. The number of hydrogen-bond donors (Lipinski definition) is 2. The molecule has 0 unspecified atom stereocenters. The van der Waals surface area contributed by atoms with E-state index in [9.17, 15) is 23.2 Å². The topological polar surface area (TPSA) is 104 Å². The van der Waals surface area contributed by atoms with Crippen LogP contribution >= 0.6 is 34.9 Å². The molecule has 2 aromatic carbocycles. The predicted molar refractivity (Wildman–Crippen MR) is 132 cm³/mol. The number of anilines is 2. The molecule has 0 aliphatic carbocycles. The number of amides is 3. The van der Waals surface area contributed by atoms with Gasteiger partial charge in [0.05, 0.1) is 16.3 Å². The zero-order valence-corrected chi connectivity index (χ0v) is 20.3. The lowest BCUT2D eigenvalue weighted by Gasteiger charge is -2.12. The summed E-state index contributed by atoms with van der Waals surface area (Å²) in [5, 5.41) is 13.3. The maximum atomic E-state index is 13.8. The molecule has 1 aliphatic rings. The number of thioether (sulfide) groups is 2. The Kier molecular flexibility index (Phi) is 8.10. The summed E-state index contributed by atoms with van der Waals surface area (Å²) in [5.74, 6) is -1.71. The molecule has 8 nitrogen and oxygen atoms in total. The fraction of sp³-hybridized carbons (Fsp3) is 0.136. The molecule has 0 radical (unpaired) electrons. The summed E-state index contributed by atoms with van der Waals surface area (Å²) in [7, 11) is 0. The monoisotopic (exact) mass is 533 g/mol. The average Bonchev–Trinajstić information content (AvgIpc) is 3.40. The molecule has 2 N–H and O–H groups in total. The molecule has 1 aromatic heterocycles. The number of hydrogen-bond acceptors (Lipinski definition) is 9. The van der Waals surface area contributed by atoms with Gasteiger partial charge in [-0.15, -0.1) is 10.2 Å². The maximum Gasteiger partial charge on any atom is 0.293 e. The van der Waals surface area contributed by atoms with E-state index in [0.29, 0.717) is 9.47 Å². The maximum absolute atomic E-state index is 13.8. The van der Waals surface area contributed by atoms with Gasteiger partial charge < -0.3 is 10.6 Å². The molecule has 35 heavy (non-hydrogen) atoms. The highest BCUT2D eigenvalue weighted by Crippen LogP contribution is 2.32. The van der Waals surface area contributed by atoms with Crippen molar-refractivity contribution in [1.29, 1.82) is 0 Å². The van der Waals surface area contributed by atoms with Crippen LogP contribution in [-0.2, 0) is 9.59 Å². The Morgan fingerprint density at radius 3 is 2.57 bits per heavy atom. The lowest BCUT2D eigenvalue weighted by atomic mass is 10.2. The molecule has 1 aliphatic heterocycles. The Hall–Kier alpha value is -3.29. The number of para-hydroxylation sites is 1. The van der Waals surface area contributed by atoms with Crippen molar-refractivity contribution in [2.24, 2.45) is 0 Å². The van der Waals surface area contributed by atoms with Gasteiger partial charge in [-0.05, 0) is 36.0 Å². The number of imide groups is 1. The van der Waals surface area contributed by atoms with Gasteiger partial charge in [0.1, 0.15) is 11.6 Å². The van der Waals surface area contributed by atoms with Gasteiger partial charge >= 0.3 is 0 Å². The van der Waals surface area contributed by atoms with Crippen LogP contribution in [0.3, 0.4) is 0 Å². The lowest BCUT2D eigenvalue weighted by molar-refractivity contribution is -0.123. The van der Waals surface area contributed by atoms with Crippen LogP contribution in [0.1, 0.15) is 5.56 Å². The van der Waals surface area contributed by atoms with Gasteiger partial charge in [0, 0.05) is 18.7 Å². The molecule has 3 amide bonds. The van der Waals surface area contributed by atoms with Crippen molar-refractivity contribution in [1.82, 2.24) is 20.4 Å². The van der Waals surface area contributed by atoms with Gasteiger partial charge in [-0.25, -0.2) is 8.78 Å². The molecule has 1 fully saturated rings. The highest BCUT2D eigenvalue weighted by atomic mass is 32.2. The van der Waals surface area contributed by atoms with Crippen LogP contribution in [0.25, 0.3) is 6.08 Å². The zero-order chi connectivity index (χ0) is 24.8. The van der Waals surface area contributed by atoms with Crippen molar-refractivity contribution in [3.05, 3.63) is 70.6 Å². The number of nitrogens with one attached hydrogen (secondary N) is 2. The summed E-state index contributed by atoms with van der Waals surface area (Å²) in [6.45, 7) is 0.0613. The summed E-state index contributed by atoms with van der Waals surface area (Å²) >= 11 is 3.06. The minimum Gasteiger partial charge on any atom is -0.354 e.